The molecule has 1 aliphatic heterocycles. The minimum Gasteiger partial charge on any atom is -0.366 e. The van der Waals surface area contributed by atoms with E-state index in [2.05, 4.69) is 68.2 Å². The van der Waals surface area contributed by atoms with Crippen LogP contribution in [0.5, 0.6) is 0 Å². The summed E-state index contributed by atoms with van der Waals surface area (Å²) in [6.07, 6.45) is 6.92. The number of rotatable bonds is 3. The zero-order valence-corrected chi connectivity index (χ0v) is 13.8. The smallest absolute Gasteiger partial charge is 0.126 e. The van der Waals surface area contributed by atoms with E-state index in [1.165, 1.54) is 16.5 Å². The number of anilines is 1. The first-order valence-electron chi connectivity index (χ1n) is 8.67. The second-order valence-electron chi connectivity index (χ2n) is 6.53. The number of para-hydroxylation sites is 1. The zero-order valence-electron chi connectivity index (χ0n) is 13.8. The molecule has 4 aromatic rings. The van der Waals surface area contributed by atoms with Crippen molar-refractivity contribution in [2.24, 2.45) is 0 Å². The maximum absolute atomic E-state index is 4.55. The van der Waals surface area contributed by atoms with Gasteiger partial charge < -0.3 is 15.6 Å². The number of nitrogens with one attached hydrogen (secondary N) is 3. The third-order valence-electron chi connectivity index (χ3n) is 4.92. The Kier molecular flexibility index (Phi) is 3.38. The molecule has 1 saturated heterocycles. The Hall–Kier alpha value is -2.92. The Morgan fingerprint density at radius 2 is 2.00 bits per heavy atom. The molecule has 1 fully saturated rings. The van der Waals surface area contributed by atoms with Crippen LogP contribution in [0.4, 0.5) is 5.82 Å². The maximum Gasteiger partial charge on any atom is 0.126 e. The molecule has 0 radical (unpaired) electrons. The fourth-order valence-electron chi connectivity index (χ4n) is 3.64. The number of fused-ring (bicyclic) bond motifs is 2. The van der Waals surface area contributed by atoms with Crippen LogP contribution in [0.3, 0.4) is 0 Å². The molecule has 0 amide bonds. The average molecular weight is 329 g/mol. The van der Waals surface area contributed by atoms with Crippen LogP contribution in [0.1, 0.15) is 6.42 Å². The minimum absolute atomic E-state index is 0.443. The van der Waals surface area contributed by atoms with Crippen LogP contribution in [-0.4, -0.2) is 34.1 Å². The molecule has 5 rings (SSSR count). The fraction of sp³-hybridized carbons (Fsp3) is 0.200. The molecule has 3 N–H and O–H groups in total. The Bertz CT molecular complexity index is 1050. The lowest BCUT2D eigenvalue weighted by Crippen LogP contribution is -2.22. The van der Waals surface area contributed by atoms with Gasteiger partial charge in [-0.05, 0) is 36.7 Å². The fourth-order valence-corrected chi connectivity index (χ4v) is 3.64. The summed E-state index contributed by atoms with van der Waals surface area (Å²) in [6, 6.07) is 13.0. The first-order chi connectivity index (χ1) is 12.4. The van der Waals surface area contributed by atoms with Gasteiger partial charge in [0.1, 0.15) is 5.82 Å². The summed E-state index contributed by atoms with van der Waals surface area (Å²) in [7, 11) is 0. The van der Waals surface area contributed by atoms with Crippen LogP contribution in [-0.2, 0) is 0 Å². The van der Waals surface area contributed by atoms with Gasteiger partial charge in [0.15, 0.2) is 0 Å². The van der Waals surface area contributed by atoms with Gasteiger partial charge in [-0.2, -0.15) is 0 Å². The van der Waals surface area contributed by atoms with Crippen molar-refractivity contribution >= 4 is 27.6 Å². The van der Waals surface area contributed by atoms with E-state index in [4.69, 9.17) is 0 Å². The van der Waals surface area contributed by atoms with Crippen molar-refractivity contribution in [1.82, 2.24) is 20.3 Å². The number of aromatic amines is 1. The topological polar surface area (TPSA) is 65.6 Å². The molecule has 1 aromatic carbocycles. The number of H-pyrrole nitrogens is 1. The summed E-state index contributed by atoms with van der Waals surface area (Å²) in [5, 5.41) is 9.25. The minimum atomic E-state index is 0.443. The van der Waals surface area contributed by atoms with E-state index < -0.39 is 0 Å². The Morgan fingerprint density at radius 1 is 1.04 bits per heavy atom. The number of pyridine rings is 2. The van der Waals surface area contributed by atoms with E-state index in [0.29, 0.717) is 6.04 Å². The van der Waals surface area contributed by atoms with Crippen LogP contribution in [0.25, 0.3) is 32.9 Å². The predicted molar refractivity (Wildman–Crippen MR) is 102 cm³/mol. The van der Waals surface area contributed by atoms with Gasteiger partial charge in [-0.3, -0.25) is 4.98 Å². The van der Waals surface area contributed by atoms with Crippen molar-refractivity contribution in [2.45, 2.75) is 12.5 Å². The number of benzene rings is 1. The molecular formula is C20H19N5. The SMILES string of the molecule is c1ccc2c(-c3ccnc4cnc(N[C@@H]5CCNC5)cc34)c[nH]c2c1. The largest absolute Gasteiger partial charge is 0.366 e. The second kappa shape index (κ2) is 5.86. The van der Waals surface area contributed by atoms with Gasteiger partial charge >= 0.3 is 0 Å². The van der Waals surface area contributed by atoms with Gasteiger partial charge in [0, 0.05) is 46.8 Å². The normalized spacial score (nSPS) is 17.4. The highest BCUT2D eigenvalue weighted by Gasteiger charge is 2.15. The van der Waals surface area contributed by atoms with Crippen LogP contribution in [0, 0.1) is 0 Å². The Balaban J connectivity index is 1.64. The number of hydrogen-bond acceptors (Lipinski definition) is 4. The van der Waals surface area contributed by atoms with Crippen molar-refractivity contribution < 1.29 is 0 Å². The molecule has 25 heavy (non-hydrogen) atoms. The van der Waals surface area contributed by atoms with Crippen molar-refractivity contribution in [3.63, 3.8) is 0 Å². The lowest BCUT2D eigenvalue weighted by Gasteiger charge is -2.13. The molecular weight excluding hydrogens is 310 g/mol. The molecule has 3 aromatic heterocycles. The zero-order chi connectivity index (χ0) is 16.6. The van der Waals surface area contributed by atoms with Crippen molar-refractivity contribution in [1.29, 1.82) is 0 Å². The van der Waals surface area contributed by atoms with Gasteiger partial charge in [0.25, 0.3) is 0 Å². The van der Waals surface area contributed by atoms with Crippen molar-refractivity contribution in [2.75, 3.05) is 18.4 Å². The number of aromatic nitrogens is 3. The first kappa shape index (κ1) is 14.4. The van der Waals surface area contributed by atoms with Gasteiger partial charge in [-0.15, -0.1) is 0 Å². The lowest BCUT2D eigenvalue weighted by molar-refractivity contribution is 0.788. The molecule has 1 aliphatic rings. The maximum atomic E-state index is 4.55. The highest BCUT2D eigenvalue weighted by Crippen LogP contribution is 2.33. The van der Waals surface area contributed by atoms with E-state index >= 15 is 0 Å². The Labute approximate surface area is 145 Å². The van der Waals surface area contributed by atoms with Crippen LogP contribution in [0.15, 0.2) is 55.0 Å². The van der Waals surface area contributed by atoms with E-state index in [-0.39, 0.29) is 0 Å². The average Bonchev–Trinajstić information content (AvgIpc) is 3.31. The van der Waals surface area contributed by atoms with Crippen LogP contribution >= 0.6 is 0 Å². The summed E-state index contributed by atoms with van der Waals surface area (Å²) >= 11 is 0. The molecule has 4 heterocycles. The van der Waals surface area contributed by atoms with Crippen LogP contribution in [0.2, 0.25) is 0 Å². The lowest BCUT2D eigenvalue weighted by atomic mass is 10.0. The summed E-state index contributed by atoms with van der Waals surface area (Å²) in [5.74, 6) is 0.912. The third kappa shape index (κ3) is 2.53. The molecule has 124 valence electrons. The van der Waals surface area contributed by atoms with E-state index in [0.717, 1.165) is 41.7 Å². The molecule has 5 heteroatoms. The van der Waals surface area contributed by atoms with Crippen LogP contribution < -0.4 is 10.6 Å². The third-order valence-corrected chi connectivity index (χ3v) is 4.92. The second-order valence-corrected chi connectivity index (χ2v) is 6.53. The van der Waals surface area contributed by atoms with Gasteiger partial charge in [-0.1, -0.05) is 18.2 Å². The van der Waals surface area contributed by atoms with Gasteiger partial charge in [-0.25, -0.2) is 4.98 Å². The molecule has 0 spiro atoms. The van der Waals surface area contributed by atoms with E-state index in [9.17, 15) is 0 Å². The molecule has 1 atom stereocenters. The van der Waals surface area contributed by atoms with E-state index in [1.807, 2.05) is 12.4 Å². The molecule has 0 bridgehead atoms. The van der Waals surface area contributed by atoms with Gasteiger partial charge in [0.05, 0.1) is 11.7 Å². The molecule has 0 unspecified atom stereocenters. The number of hydrogen-bond donors (Lipinski definition) is 3. The van der Waals surface area contributed by atoms with Crippen molar-refractivity contribution in [3.05, 3.63) is 55.0 Å². The van der Waals surface area contributed by atoms with Crippen molar-refractivity contribution in [3.8, 4) is 11.1 Å². The molecule has 0 aliphatic carbocycles. The Morgan fingerprint density at radius 3 is 2.92 bits per heavy atom. The molecule has 5 nitrogen and oxygen atoms in total. The molecule has 0 saturated carbocycles. The highest BCUT2D eigenvalue weighted by atomic mass is 15.1. The quantitative estimate of drug-likeness (QED) is 0.538. The predicted octanol–water partition coefficient (Wildman–Crippen LogP) is 3.55. The van der Waals surface area contributed by atoms with E-state index in [1.54, 1.807) is 0 Å². The summed E-state index contributed by atoms with van der Waals surface area (Å²) in [6.45, 7) is 2.05. The summed E-state index contributed by atoms with van der Waals surface area (Å²) < 4.78 is 0. The first-order valence-corrected chi connectivity index (χ1v) is 8.67. The summed E-state index contributed by atoms with van der Waals surface area (Å²) in [5.41, 5.74) is 4.44. The highest BCUT2D eigenvalue weighted by molar-refractivity contribution is 6.04. The number of nitrogens with zero attached hydrogens (tertiary/aromatic N) is 2. The standard InChI is InChI=1S/C20H19N5/c1-2-4-18-15(3-1)17(11-23-18)14-6-8-22-19-12-24-20(9-16(14)19)25-13-5-7-21-10-13/h1-4,6,8-9,11-13,21,23H,5,7,10H2,(H,24,25)/t13-/m1/s1. The van der Waals surface area contributed by atoms with Gasteiger partial charge in [0.2, 0.25) is 0 Å². The monoisotopic (exact) mass is 329 g/mol. The summed E-state index contributed by atoms with van der Waals surface area (Å²) in [4.78, 5) is 12.4.